The molecule has 0 fully saturated rings. The molecule has 4 rings (SSSR count). The number of fused-ring (bicyclic) bond motifs is 1. The van der Waals surface area contributed by atoms with Crippen molar-refractivity contribution in [2.24, 2.45) is 0 Å². The van der Waals surface area contributed by atoms with Crippen LogP contribution in [0.3, 0.4) is 0 Å². The highest BCUT2D eigenvalue weighted by Gasteiger charge is 2.26. The topological polar surface area (TPSA) is 91.0 Å². The van der Waals surface area contributed by atoms with Crippen LogP contribution in [0.2, 0.25) is 0 Å². The Morgan fingerprint density at radius 2 is 1.96 bits per heavy atom. The monoisotopic (exact) mass is 379 g/mol. The summed E-state index contributed by atoms with van der Waals surface area (Å²) in [6.07, 6.45) is 0. The molecule has 0 bridgehead atoms. The van der Waals surface area contributed by atoms with Gasteiger partial charge in [0.2, 0.25) is 17.0 Å². The van der Waals surface area contributed by atoms with Crippen molar-refractivity contribution in [3.05, 3.63) is 54.1 Å². The van der Waals surface area contributed by atoms with E-state index in [2.05, 4.69) is 20.5 Å². The molecule has 2 heterocycles. The number of nitrogens with zero attached hydrogens (tertiary/aromatic N) is 3. The van der Waals surface area contributed by atoms with Gasteiger partial charge in [-0.15, -0.1) is 5.10 Å². The van der Waals surface area contributed by atoms with Crippen LogP contribution in [0.4, 0.5) is 11.4 Å². The molecule has 0 saturated carbocycles. The second kappa shape index (κ2) is 7.24. The zero-order chi connectivity index (χ0) is 18.8. The van der Waals surface area contributed by atoms with Gasteiger partial charge in [-0.1, -0.05) is 53.7 Å². The molecular formula is C19H17N5O2S. The number of carbonyl (C=O) groups is 2. The third-order valence-electron chi connectivity index (χ3n) is 4.19. The van der Waals surface area contributed by atoms with E-state index in [9.17, 15) is 9.59 Å². The van der Waals surface area contributed by atoms with Gasteiger partial charge in [-0.05, 0) is 19.1 Å². The van der Waals surface area contributed by atoms with Crippen molar-refractivity contribution in [2.45, 2.75) is 12.1 Å². The molecule has 0 saturated heterocycles. The third-order valence-corrected chi connectivity index (χ3v) is 5.02. The van der Waals surface area contributed by atoms with Crippen LogP contribution in [0, 0.1) is 6.92 Å². The minimum Gasteiger partial charge on any atom is -0.323 e. The summed E-state index contributed by atoms with van der Waals surface area (Å²) in [5.74, 6) is 0.440. The van der Waals surface area contributed by atoms with Gasteiger partial charge in [0, 0.05) is 5.56 Å². The van der Waals surface area contributed by atoms with E-state index in [0.29, 0.717) is 22.4 Å². The number of para-hydroxylation sites is 2. The minimum absolute atomic E-state index is 0.0129. The maximum absolute atomic E-state index is 12.7. The molecule has 1 aromatic heterocycles. The zero-order valence-electron chi connectivity index (χ0n) is 14.6. The van der Waals surface area contributed by atoms with E-state index < -0.39 is 0 Å². The smallest absolute Gasteiger partial charge is 0.244 e. The second-order valence-corrected chi connectivity index (χ2v) is 7.11. The number of thioether (sulfide) groups is 1. The highest BCUT2D eigenvalue weighted by molar-refractivity contribution is 7.99. The van der Waals surface area contributed by atoms with Gasteiger partial charge in [-0.2, -0.15) is 0 Å². The Kier molecular flexibility index (Phi) is 4.64. The highest BCUT2D eigenvalue weighted by atomic mass is 32.2. The summed E-state index contributed by atoms with van der Waals surface area (Å²) in [6.45, 7) is 2.04. The van der Waals surface area contributed by atoms with Crippen LogP contribution in [-0.4, -0.2) is 39.3 Å². The maximum atomic E-state index is 12.7. The Labute approximate surface area is 160 Å². The van der Waals surface area contributed by atoms with Crippen molar-refractivity contribution in [3.63, 3.8) is 0 Å². The van der Waals surface area contributed by atoms with Crippen LogP contribution >= 0.6 is 11.8 Å². The largest absolute Gasteiger partial charge is 0.323 e. The SMILES string of the molecule is Cc1ccc(-c2nc(SCC(=O)N3CC(=O)Nc4ccccc43)n[nH]2)cc1. The Morgan fingerprint density at radius 1 is 1.19 bits per heavy atom. The molecule has 0 unspecified atom stereocenters. The summed E-state index contributed by atoms with van der Waals surface area (Å²) in [5, 5.41) is 10.3. The van der Waals surface area contributed by atoms with E-state index in [1.165, 1.54) is 22.2 Å². The number of hydrogen-bond acceptors (Lipinski definition) is 5. The van der Waals surface area contributed by atoms with Crippen LogP contribution in [0.5, 0.6) is 0 Å². The van der Waals surface area contributed by atoms with Gasteiger partial charge in [-0.3, -0.25) is 14.7 Å². The van der Waals surface area contributed by atoms with Crippen LogP contribution in [0.15, 0.2) is 53.7 Å². The summed E-state index contributed by atoms with van der Waals surface area (Å²) < 4.78 is 0. The summed E-state index contributed by atoms with van der Waals surface area (Å²) in [5.41, 5.74) is 3.46. The summed E-state index contributed by atoms with van der Waals surface area (Å²) in [7, 11) is 0. The lowest BCUT2D eigenvalue weighted by Gasteiger charge is -2.28. The number of nitrogens with one attached hydrogen (secondary N) is 2. The molecule has 0 aliphatic carbocycles. The Balaban J connectivity index is 1.44. The minimum atomic E-state index is -0.202. The van der Waals surface area contributed by atoms with Crippen LogP contribution in [-0.2, 0) is 9.59 Å². The highest BCUT2D eigenvalue weighted by Crippen LogP contribution is 2.30. The molecule has 1 aliphatic heterocycles. The zero-order valence-corrected chi connectivity index (χ0v) is 15.4. The first kappa shape index (κ1) is 17.3. The van der Waals surface area contributed by atoms with E-state index in [-0.39, 0.29) is 24.1 Å². The number of benzene rings is 2. The van der Waals surface area contributed by atoms with Crippen LogP contribution < -0.4 is 10.2 Å². The summed E-state index contributed by atoms with van der Waals surface area (Å²) >= 11 is 1.24. The van der Waals surface area contributed by atoms with Crippen molar-refractivity contribution in [2.75, 3.05) is 22.5 Å². The fraction of sp³-hybridized carbons (Fsp3) is 0.158. The van der Waals surface area contributed by atoms with Gasteiger partial charge in [0.05, 0.1) is 17.1 Å². The number of aromatic amines is 1. The molecule has 2 aromatic carbocycles. The standard InChI is InChI=1S/C19H17N5O2S/c1-12-6-8-13(9-7-12)18-21-19(23-22-18)27-11-17(26)24-10-16(25)20-14-4-2-3-5-15(14)24/h2-9H,10-11H2,1H3,(H,20,25)(H,21,22,23). The van der Waals surface area contributed by atoms with Gasteiger partial charge in [-0.25, -0.2) is 4.98 Å². The van der Waals surface area contributed by atoms with Crippen molar-refractivity contribution in [1.29, 1.82) is 0 Å². The van der Waals surface area contributed by atoms with E-state index in [0.717, 1.165) is 5.56 Å². The number of carbonyl (C=O) groups excluding carboxylic acids is 2. The fourth-order valence-electron chi connectivity index (χ4n) is 2.81. The van der Waals surface area contributed by atoms with E-state index in [1.54, 1.807) is 6.07 Å². The maximum Gasteiger partial charge on any atom is 0.244 e. The number of amides is 2. The van der Waals surface area contributed by atoms with Crippen LogP contribution in [0.1, 0.15) is 5.56 Å². The molecule has 3 aromatic rings. The first-order chi connectivity index (χ1) is 13.1. The second-order valence-electron chi connectivity index (χ2n) is 6.17. The number of anilines is 2. The van der Waals surface area contributed by atoms with Crippen molar-refractivity contribution >= 4 is 35.0 Å². The van der Waals surface area contributed by atoms with Gasteiger partial charge >= 0.3 is 0 Å². The normalized spacial score (nSPS) is 13.2. The number of H-pyrrole nitrogens is 1. The van der Waals surface area contributed by atoms with Gasteiger partial charge in [0.15, 0.2) is 5.82 Å². The van der Waals surface area contributed by atoms with Crippen LogP contribution in [0.25, 0.3) is 11.4 Å². The van der Waals surface area contributed by atoms with E-state index >= 15 is 0 Å². The fourth-order valence-corrected chi connectivity index (χ4v) is 3.49. The summed E-state index contributed by atoms with van der Waals surface area (Å²) in [4.78, 5) is 30.4. The molecule has 1 aliphatic rings. The van der Waals surface area contributed by atoms with Crippen molar-refractivity contribution in [3.8, 4) is 11.4 Å². The number of rotatable bonds is 4. The molecule has 0 spiro atoms. The van der Waals surface area contributed by atoms with E-state index in [1.807, 2.05) is 49.4 Å². The van der Waals surface area contributed by atoms with Gasteiger partial charge in [0.1, 0.15) is 6.54 Å². The van der Waals surface area contributed by atoms with E-state index in [4.69, 9.17) is 0 Å². The Hall–Kier alpha value is -3.13. The average Bonchev–Trinajstić information content (AvgIpc) is 3.15. The quantitative estimate of drug-likeness (QED) is 0.680. The molecule has 136 valence electrons. The first-order valence-electron chi connectivity index (χ1n) is 8.41. The van der Waals surface area contributed by atoms with Gasteiger partial charge in [0.25, 0.3) is 0 Å². The third kappa shape index (κ3) is 3.70. The molecule has 2 N–H and O–H groups in total. The predicted molar refractivity (Wildman–Crippen MR) is 105 cm³/mol. The molecule has 7 nitrogen and oxygen atoms in total. The van der Waals surface area contributed by atoms with Crippen molar-refractivity contribution in [1.82, 2.24) is 15.2 Å². The average molecular weight is 379 g/mol. The lowest BCUT2D eigenvalue weighted by molar-refractivity contribution is -0.120. The summed E-state index contributed by atoms with van der Waals surface area (Å²) in [6, 6.07) is 15.2. The molecule has 2 amide bonds. The van der Waals surface area contributed by atoms with Crippen molar-refractivity contribution < 1.29 is 9.59 Å². The number of aromatic nitrogens is 3. The first-order valence-corrected chi connectivity index (χ1v) is 9.40. The molecule has 0 radical (unpaired) electrons. The number of hydrogen-bond donors (Lipinski definition) is 2. The lowest BCUT2D eigenvalue weighted by Crippen LogP contribution is -2.43. The molecule has 27 heavy (non-hydrogen) atoms. The number of aryl methyl sites for hydroxylation is 1. The Morgan fingerprint density at radius 3 is 2.78 bits per heavy atom. The molecular weight excluding hydrogens is 362 g/mol. The van der Waals surface area contributed by atoms with Gasteiger partial charge < -0.3 is 10.2 Å². The lowest BCUT2D eigenvalue weighted by atomic mass is 10.1. The predicted octanol–water partition coefficient (Wildman–Crippen LogP) is 2.86. The Bertz CT molecular complexity index is 999. The molecule has 8 heteroatoms. The molecule has 0 atom stereocenters.